The van der Waals surface area contributed by atoms with E-state index in [1.54, 1.807) is 25.1 Å². The Morgan fingerprint density at radius 3 is 2.33 bits per heavy atom. The molecule has 21 heavy (non-hydrogen) atoms. The summed E-state index contributed by atoms with van der Waals surface area (Å²) in [6, 6.07) is 4.90. The maximum Gasteiger partial charge on any atom is 0.341 e. The van der Waals surface area contributed by atoms with Gasteiger partial charge < -0.3 is 14.8 Å². The van der Waals surface area contributed by atoms with Gasteiger partial charge in [0.1, 0.15) is 11.3 Å². The predicted octanol–water partition coefficient (Wildman–Crippen LogP) is 3.25. The molecule has 0 saturated heterocycles. The van der Waals surface area contributed by atoms with Gasteiger partial charge in [0.05, 0.1) is 13.2 Å². The number of benzene rings is 1. The minimum atomic E-state index is -0.494. The fourth-order valence-electron chi connectivity index (χ4n) is 1.57. The molecule has 1 rings (SSSR count). The molecule has 0 spiro atoms. The van der Waals surface area contributed by atoms with Gasteiger partial charge in [-0.1, -0.05) is 20.8 Å². The van der Waals surface area contributed by atoms with E-state index in [9.17, 15) is 9.59 Å². The second kappa shape index (κ2) is 7.11. The van der Waals surface area contributed by atoms with Gasteiger partial charge in [-0.15, -0.1) is 0 Å². The molecule has 0 radical (unpaired) electrons. The Kier molecular flexibility index (Phi) is 5.76. The van der Waals surface area contributed by atoms with Gasteiger partial charge in [-0.2, -0.15) is 0 Å². The molecule has 0 aromatic heterocycles. The maximum absolute atomic E-state index is 12.0. The number of carbonyl (C=O) groups is 2. The third-order valence-corrected chi connectivity index (χ3v) is 2.72. The Morgan fingerprint density at radius 2 is 1.81 bits per heavy atom. The summed E-state index contributed by atoms with van der Waals surface area (Å²) >= 11 is 0. The van der Waals surface area contributed by atoms with E-state index < -0.39 is 11.4 Å². The quantitative estimate of drug-likeness (QED) is 0.846. The molecule has 0 bridgehead atoms. The van der Waals surface area contributed by atoms with Crippen molar-refractivity contribution < 1.29 is 19.1 Å². The first-order valence-electron chi connectivity index (χ1n) is 7.05. The average molecular weight is 293 g/mol. The summed E-state index contributed by atoms with van der Waals surface area (Å²) in [7, 11) is 0. The first-order valence-corrected chi connectivity index (χ1v) is 7.05. The second-order valence-corrected chi connectivity index (χ2v) is 5.57. The van der Waals surface area contributed by atoms with Crippen molar-refractivity contribution in [2.75, 3.05) is 18.5 Å². The molecular formula is C16H23NO4. The van der Waals surface area contributed by atoms with Crippen LogP contribution in [-0.2, 0) is 9.53 Å². The number of carbonyl (C=O) groups excluding carboxylic acids is 2. The highest BCUT2D eigenvalue weighted by Crippen LogP contribution is 2.26. The molecule has 0 unspecified atom stereocenters. The number of ether oxygens (including phenoxy) is 2. The van der Waals surface area contributed by atoms with E-state index in [0.29, 0.717) is 30.2 Å². The van der Waals surface area contributed by atoms with Gasteiger partial charge in [0.25, 0.3) is 0 Å². The van der Waals surface area contributed by atoms with Crippen LogP contribution in [0.25, 0.3) is 0 Å². The standard InChI is InChI=1S/C16H23NO4/c1-6-20-13-10-11(17-15(19)16(3,4)5)8-9-12(13)14(18)21-7-2/h8-10H,6-7H2,1-5H3,(H,17,19). The van der Waals surface area contributed by atoms with Crippen molar-refractivity contribution >= 4 is 17.6 Å². The van der Waals surface area contributed by atoms with E-state index in [2.05, 4.69) is 5.32 Å². The van der Waals surface area contributed by atoms with Crippen molar-refractivity contribution in [2.45, 2.75) is 34.6 Å². The van der Waals surface area contributed by atoms with Crippen LogP contribution in [0.4, 0.5) is 5.69 Å². The molecule has 1 aromatic carbocycles. The lowest BCUT2D eigenvalue weighted by molar-refractivity contribution is -0.123. The van der Waals surface area contributed by atoms with E-state index in [1.165, 1.54) is 0 Å². The number of hydrogen-bond donors (Lipinski definition) is 1. The van der Waals surface area contributed by atoms with Crippen molar-refractivity contribution in [3.63, 3.8) is 0 Å². The Balaban J connectivity index is 3.03. The van der Waals surface area contributed by atoms with E-state index >= 15 is 0 Å². The van der Waals surface area contributed by atoms with E-state index in [0.717, 1.165) is 0 Å². The summed E-state index contributed by atoms with van der Waals surface area (Å²) in [5, 5.41) is 2.81. The summed E-state index contributed by atoms with van der Waals surface area (Å²) < 4.78 is 10.4. The molecule has 116 valence electrons. The van der Waals surface area contributed by atoms with Gasteiger partial charge in [0.2, 0.25) is 5.91 Å². The normalized spacial score (nSPS) is 10.9. The summed E-state index contributed by atoms with van der Waals surface area (Å²) in [5.74, 6) is -0.133. The lowest BCUT2D eigenvalue weighted by Crippen LogP contribution is -2.27. The van der Waals surface area contributed by atoms with Gasteiger partial charge in [-0.25, -0.2) is 4.79 Å². The highest BCUT2D eigenvalue weighted by atomic mass is 16.5. The van der Waals surface area contributed by atoms with Crippen LogP contribution in [-0.4, -0.2) is 25.1 Å². The molecule has 0 saturated carbocycles. The Bertz CT molecular complexity index is 517. The average Bonchev–Trinajstić information content (AvgIpc) is 2.38. The van der Waals surface area contributed by atoms with Crippen molar-refractivity contribution in [1.82, 2.24) is 0 Å². The zero-order chi connectivity index (χ0) is 16.0. The van der Waals surface area contributed by atoms with Crippen molar-refractivity contribution in [3.05, 3.63) is 23.8 Å². The lowest BCUT2D eigenvalue weighted by Gasteiger charge is -2.18. The lowest BCUT2D eigenvalue weighted by atomic mass is 9.95. The first kappa shape index (κ1) is 17.0. The van der Waals surface area contributed by atoms with Crippen LogP contribution in [0.1, 0.15) is 45.0 Å². The monoisotopic (exact) mass is 293 g/mol. The third kappa shape index (κ3) is 4.77. The van der Waals surface area contributed by atoms with Gasteiger partial charge >= 0.3 is 5.97 Å². The molecule has 5 nitrogen and oxygen atoms in total. The highest BCUT2D eigenvalue weighted by Gasteiger charge is 2.22. The zero-order valence-electron chi connectivity index (χ0n) is 13.3. The number of amides is 1. The second-order valence-electron chi connectivity index (χ2n) is 5.57. The Labute approximate surface area is 125 Å². The van der Waals surface area contributed by atoms with Crippen LogP contribution in [0.5, 0.6) is 5.75 Å². The van der Waals surface area contributed by atoms with Gasteiger partial charge in [-0.3, -0.25) is 4.79 Å². The number of hydrogen-bond acceptors (Lipinski definition) is 4. The minimum absolute atomic E-state index is 0.103. The van der Waals surface area contributed by atoms with Gasteiger partial charge in [-0.05, 0) is 26.0 Å². The summed E-state index contributed by atoms with van der Waals surface area (Å²) in [6.07, 6.45) is 0. The van der Waals surface area contributed by atoms with E-state index in [4.69, 9.17) is 9.47 Å². The van der Waals surface area contributed by atoms with Crippen LogP contribution < -0.4 is 10.1 Å². The Hall–Kier alpha value is -2.04. The van der Waals surface area contributed by atoms with Crippen molar-refractivity contribution in [3.8, 4) is 5.75 Å². The van der Waals surface area contributed by atoms with Crippen LogP contribution in [0.2, 0.25) is 0 Å². The number of anilines is 1. The van der Waals surface area contributed by atoms with Crippen LogP contribution in [0.15, 0.2) is 18.2 Å². The van der Waals surface area contributed by atoms with E-state index in [1.807, 2.05) is 27.7 Å². The minimum Gasteiger partial charge on any atom is -0.493 e. The smallest absolute Gasteiger partial charge is 0.341 e. The molecule has 0 atom stereocenters. The molecule has 0 aliphatic carbocycles. The number of rotatable bonds is 5. The molecule has 1 N–H and O–H groups in total. The topological polar surface area (TPSA) is 64.6 Å². The molecular weight excluding hydrogens is 270 g/mol. The maximum atomic E-state index is 12.0. The summed E-state index contributed by atoms with van der Waals surface area (Å²) in [4.78, 5) is 23.8. The first-order chi connectivity index (χ1) is 9.79. The number of nitrogens with one attached hydrogen (secondary N) is 1. The van der Waals surface area contributed by atoms with E-state index in [-0.39, 0.29) is 5.91 Å². The number of esters is 1. The molecule has 0 heterocycles. The van der Waals surface area contributed by atoms with Gasteiger partial charge in [0.15, 0.2) is 0 Å². The largest absolute Gasteiger partial charge is 0.493 e. The SMILES string of the molecule is CCOC(=O)c1ccc(NC(=O)C(C)(C)C)cc1OCC. The highest BCUT2D eigenvalue weighted by molar-refractivity contribution is 5.97. The third-order valence-electron chi connectivity index (χ3n) is 2.72. The summed E-state index contributed by atoms with van der Waals surface area (Å²) in [6.45, 7) is 9.79. The molecule has 0 aliphatic heterocycles. The van der Waals surface area contributed by atoms with Gasteiger partial charge in [0, 0.05) is 17.2 Å². The van der Waals surface area contributed by atoms with Crippen molar-refractivity contribution in [1.29, 1.82) is 0 Å². The Morgan fingerprint density at radius 1 is 1.14 bits per heavy atom. The van der Waals surface area contributed by atoms with Crippen LogP contribution in [0, 0.1) is 5.41 Å². The van der Waals surface area contributed by atoms with Crippen molar-refractivity contribution in [2.24, 2.45) is 5.41 Å². The molecule has 1 amide bonds. The zero-order valence-corrected chi connectivity index (χ0v) is 13.3. The molecule has 1 aromatic rings. The molecule has 5 heteroatoms. The molecule has 0 aliphatic rings. The van der Waals surface area contributed by atoms with Crippen LogP contribution in [0.3, 0.4) is 0 Å². The predicted molar refractivity (Wildman–Crippen MR) is 81.7 cm³/mol. The summed E-state index contributed by atoms with van der Waals surface area (Å²) in [5.41, 5.74) is 0.449. The fraction of sp³-hybridized carbons (Fsp3) is 0.500. The van der Waals surface area contributed by atoms with Crippen LogP contribution >= 0.6 is 0 Å². The molecule has 0 fully saturated rings. The fourth-order valence-corrected chi connectivity index (χ4v) is 1.57.